The molecule has 0 heterocycles. The molecular weight excluding hydrogens is 286 g/mol. The van der Waals surface area contributed by atoms with E-state index in [4.69, 9.17) is 4.74 Å². The fourth-order valence-corrected chi connectivity index (χ4v) is 2.16. The molecule has 0 amide bonds. The highest BCUT2D eigenvalue weighted by molar-refractivity contribution is 9.09. The molecule has 0 saturated carbocycles. The molecular formula is C12H16BrNO3. The number of alkyl halides is 1. The number of nitrogens with zero attached hydrogens (tertiary/aromatic N) is 1. The number of benzene rings is 1. The van der Waals surface area contributed by atoms with Crippen LogP contribution in [0.15, 0.2) is 24.3 Å². The van der Waals surface area contributed by atoms with E-state index in [1.807, 2.05) is 12.1 Å². The number of non-ortho nitro benzene ring substituents is 1. The molecule has 0 fully saturated rings. The van der Waals surface area contributed by atoms with Crippen LogP contribution in [0.2, 0.25) is 0 Å². The molecule has 0 radical (unpaired) electrons. The number of nitro benzene ring substituents is 1. The largest absolute Gasteiger partial charge is 0.384 e. The van der Waals surface area contributed by atoms with Crippen molar-refractivity contribution in [2.75, 3.05) is 13.7 Å². The van der Waals surface area contributed by atoms with Crippen molar-refractivity contribution in [2.24, 2.45) is 0 Å². The summed E-state index contributed by atoms with van der Waals surface area (Å²) in [5.41, 5.74) is 1.28. The Kier molecular flexibility index (Phi) is 6.15. The molecule has 5 heteroatoms. The van der Waals surface area contributed by atoms with Crippen molar-refractivity contribution < 1.29 is 9.66 Å². The fraction of sp³-hybridized carbons (Fsp3) is 0.500. The van der Waals surface area contributed by atoms with Crippen LogP contribution in [0, 0.1) is 10.1 Å². The van der Waals surface area contributed by atoms with Crippen LogP contribution in [0.4, 0.5) is 5.69 Å². The van der Waals surface area contributed by atoms with Gasteiger partial charge >= 0.3 is 0 Å². The summed E-state index contributed by atoms with van der Waals surface area (Å²) in [7, 11) is 1.69. The van der Waals surface area contributed by atoms with Gasteiger partial charge in [0, 0.05) is 24.1 Å². The summed E-state index contributed by atoms with van der Waals surface area (Å²) >= 11 is 3.53. The molecule has 0 N–H and O–H groups in total. The van der Waals surface area contributed by atoms with Gasteiger partial charge < -0.3 is 4.74 Å². The van der Waals surface area contributed by atoms with Gasteiger partial charge in [0.25, 0.3) is 5.69 Å². The van der Waals surface area contributed by atoms with Gasteiger partial charge in [0.05, 0.1) is 11.5 Å². The van der Waals surface area contributed by atoms with Crippen molar-refractivity contribution in [3.05, 3.63) is 39.9 Å². The molecule has 94 valence electrons. The third kappa shape index (κ3) is 5.28. The van der Waals surface area contributed by atoms with Crippen molar-refractivity contribution in [3.8, 4) is 0 Å². The zero-order valence-corrected chi connectivity index (χ0v) is 11.4. The van der Waals surface area contributed by atoms with Crippen LogP contribution in [0.1, 0.15) is 18.4 Å². The Hall–Kier alpha value is -0.940. The monoisotopic (exact) mass is 301 g/mol. The number of methoxy groups -OCH3 is 1. The van der Waals surface area contributed by atoms with Gasteiger partial charge in [0.1, 0.15) is 0 Å². The highest BCUT2D eigenvalue weighted by Crippen LogP contribution is 2.15. The van der Waals surface area contributed by atoms with Crippen molar-refractivity contribution in [1.29, 1.82) is 0 Å². The molecule has 1 aromatic rings. The number of halogens is 1. The minimum atomic E-state index is -0.378. The van der Waals surface area contributed by atoms with Gasteiger partial charge in [0.15, 0.2) is 0 Å². The summed E-state index contributed by atoms with van der Waals surface area (Å²) in [6.45, 7) is 0.709. The first-order valence-electron chi connectivity index (χ1n) is 5.50. The quantitative estimate of drug-likeness (QED) is 0.441. The smallest absolute Gasteiger partial charge is 0.269 e. The summed E-state index contributed by atoms with van der Waals surface area (Å²) in [5, 5.41) is 10.5. The average molecular weight is 302 g/mol. The van der Waals surface area contributed by atoms with Crippen molar-refractivity contribution >= 4 is 21.6 Å². The van der Waals surface area contributed by atoms with Gasteiger partial charge in [0.2, 0.25) is 0 Å². The molecule has 1 unspecified atom stereocenters. The molecule has 1 rings (SSSR count). The van der Waals surface area contributed by atoms with E-state index in [9.17, 15) is 10.1 Å². The maximum atomic E-state index is 10.5. The average Bonchev–Trinajstić information content (AvgIpc) is 2.30. The van der Waals surface area contributed by atoms with Gasteiger partial charge in [-0.1, -0.05) is 28.1 Å². The molecule has 0 spiro atoms. The normalized spacial score (nSPS) is 12.4. The van der Waals surface area contributed by atoms with Gasteiger partial charge in [-0.25, -0.2) is 0 Å². The molecule has 0 saturated heterocycles. The maximum Gasteiger partial charge on any atom is 0.269 e. The lowest BCUT2D eigenvalue weighted by Crippen LogP contribution is -2.06. The predicted molar refractivity (Wildman–Crippen MR) is 70.6 cm³/mol. The van der Waals surface area contributed by atoms with Crippen LogP contribution in [0.5, 0.6) is 0 Å². The molecule has 1 aromatic carbocycles. The Morgan fingerprint density at radius 2 is 2.06 bits per heavy atom. The highest BCUT2D eigenvalue weighted by atomic mass is 79.9. The van der Waals surface area contributed by atoms with Crippen LogP contribution in [-0.4, -0.2) is 23.5 Å². The van der Waals surface area contributed by atoms with E-state index in [1.165, 1.54) is 0 Å². The molecule has 0 aliphatic heterocycles. The molecule has 4 nitrogen and oxygen atoms in total. The predicted octanol–water partition coefficient (Wildman–Crippen LogP) is 3.33. The minimum absolute atomic E-state index is 0.145. The van der Waals surface area contributed by atoms with Crippen molar-refractivity contribution in [2.45, 2.75) is 24.1 Å². The first-order valence-corrected chi connectivity index (χ1v) is 6.41. The van der Waals surface area contributed by atoms with Crippen molar-refractivity contribution in [3.63, 3.8) is 0 Å². The van der Waals surface area contributed by atoms with E-state index in [1.54, 1.807) is 19.2 Å². The van der Waals surface area contributed by atoms with Gasteiger partial charge in [-0.05, 0) is 24.8 Å². The molecule has 0 aliphatic rings. The van der Waals surface area contributed by atoms with Gasteiger partial charge in [-0.2, -0.15) is 0 Å². The summed E-state index contributed by atoms with van der Waals surface area (Å²) in [5.74, 6) is 0. The van der Waals surface area contributed by atoms with E-state index >= 15 is 0 Å². The van der Waals surface area contributed by atoms with Crippen LogP contribution in [0.3, 0.4) is 0 Å². The van der Waals surface area contributed by atoms with E-state index in [2.05, 4.69) is 15.9 Å². The second kappa shape index (κ2) is 7.40. The SMILES string of the molecule is COCC(Br)CCCc1ccc([N+](=O)[O-])cc1. The first kappa shape index (κ1) is 14.1. The van der Waals surface area contributed by atoms with Crippen molar-refractivity contribution in [1.82, 2.24) is 0 Å². The van der Waals surface area contributed by atoms with E-state index < -0.39 is 0 Å². The van der Waals surface area contributed by atoms with Gasteiger partial charge in [-0.15, -0.1) is 0 Å². The molecule has 17 heavy (non-hydrogen) atoms. The summed E-state index contributed by atoms with van der Waals surface area (Å²) in [6.07, 6.45) is 3.01. The molecule has 0 bridgehead atoms. The number of ether oxygens (including phenoxy) is 1. The second-order valence-electron chi connectivity index (χ2n) is 3.87. The number of rotatable bonds is 7. The van der Waals surface area contributed by atoms with Crippen LogP contribution in [-0.2, 0) is 11.2 Å². The zero-order valence-electron chi connectivity index (χ0n) is 9.77. The Morgan fingerprint density at radius 1 is 1.41 bits per heavy atom. The van der Waals surface area contributed by atoms with E-state index in [0.29, 0.717) is 11.4 Å². The number of nitro groups is 1. The van der Waals surface area contributed by atoms with E-state index in [0.717, 1.165) is 24.8 Å². The Morgan fingerprint density at radius 3 is 2.59 bits per heavy atom. The number of aryl methyl sites for hydroxylation is 1. The fourth-order valence-electron chi connectivity index (χ4n) is 1.58. The number of hydrogen-bond donors (Lipinski definition) is 0. The van der Waals surface area contributed by atoms with E-state index in [-0.39, 0.29) is 10.6 Å². The summed E-state index contributed by atoms with van der Waals surface area (Å²) < 4.78 is 5.03. The lowest BCUT2D eigenvalue weighted by atomic mass is 10.1. The topological polar surface area (TPSA) is 52.4 Å². The second-order valence-corrected chi connectivity index (χ2v) is 5.16. The van der Waals surface area contributed by atoms with Crippen LogP contribution in [0.25, 0.3) is 0 Å². The Labute approximate surface area is 109 Å². The van der Waals surface area contributed by atoms with Crippen LogP contribution < -0.4 is 0 Å². The van der Waals surface area contributed by atoms with Gasteiger partial charge in [-0.3, -0.25) is 10.1 Å². The summed E-state index contributed by atoms with van der Waals surface area (Å²) in [6, 6.07) is 6.74. The Bertz CT molecular complexity index is 353. The van der Waals surface area contributed by atoms with Crippen LogP contribution >= 0.6 is 15.9 Å². The number of hydrogen-bond acceptors (Lipinski definition) is 3. The third-order valence-corrected chi connectivity index (χ3v) is 3.20. The first-order chi connectivity index (χ1) is 8.13. The molecule has 0 aliphatic carbocycles. The minimum Gasteiger partial charge on any atom is -0.384 e. The summed E-state index contributed by atoms with van der Waals surface area (Å²) in [4.78, 5) is 10.5. The highest BCUT2D eigenvalue weighted by Gasteiger charge is 2.05. The lowest BCUT2D eigenvalue weighted by Gasteiger charge is -2.07. The third-order valence-electron chi connectivity index (χ3n) is 2.48. The molecule has 1 atom stereocenters. The standard InChI is InChI=1S/C12H16BrNO3/c1-17-9-11(13)4-2-3-10-5-7-12(8-6-10)14(15)16/h5-8,11H,2-4,9H2,1H3. The Balaban J connectivity index is 2.34. The zero-order chi connectivity index (χ0) is 12.7. The maximum absolute atomic E-state index is 10.5. The molecule has 0 aromatic heterocycles. The lowest BCUT2D eigenvalue weighted by molar-refractivity contribution is -0.384.